The smallest absolute Gasteiger partial charge is 0.00952 e. The number of nitrogens with one attached hydrogen (secondary N) is 1. The molecule has 2 nitrogen and oxygen atoms in total. The monoisotopic (exact) mass is 226 g/mol. The van der Waals surface area contributed by atoms with Crippen LogP contribution < -0.4 is 5.32 Å². The van der Waals surface area contributed by atoms with E-state index in [1.807, 2.05) is 0 Å². The lowest BCUT2D eigenvalue weighted by Gasteiger charge is -2.35. The zero-order valence-corrected chi connectivity index (χ0v) is 11.5. The van der Waals surface area contributed by atoms with Gasteiger partial charge in [-0.1, -0.05) is 40.0 Å². The summed E-state index contributed by atoms with van der Waals surface area (Å²) in [5.41, 5.74) is 0. The Morgan fingerprint density at radius 2 is 1.88 bits per heavy atom. The largest absolute Gasteiger partial charge is 0.317 e. The lowest BCUT2D eigenvalue weighted by molar-refractivity contribution is 0.143. The van der Waals surface area contributed by atoms with Crippen LogP contribution in [0.1, 0.15) is 52.9 Å². The maximum atomic E-state index is 3.45. The third kappa shape index (κ3) is 4.84. The minimum Gasteiger partial charge on any atom is -0.317 e. The molecule has 0 amide bonds. The van der Waals surface area contributed by atoms with Crippen LogP contribution in [-0.2, 0) is 0 Å². The first-order chi connectivity index (χ1) is 7.77. The normalized spacial score (nSPS) is 20.2. The van der Waals surface area contributed by atoms with Gasteiger partial charge >= 0.3 is 0 Å². The van der Waals surface area contributed by atoms with Gasteiger partial charge in [-0.15, -0.1) is 0 Å². The van der Waals surface area contributed by atoms with E-state index in [1.54, 1.807) is 0 Å². The molecule has 1 unspecified atom stereocenters. The highest BCUT2D eigenvalue weighted by molar-refractivity contribution is 4.76. The molecular formula is C14H30N2. The van der Waals surface area contributed by atoms with Gasteiger partial charge in [0.15, 0.2) is 0 Å². The van der Waals surface area contributed by atoms with Gasteiger partial charge in [0.1, 0.15) is 0 Å². The summed E-state index contributed by atoms with van der Waals surface area (Å²) in [7, 11) is 0. The van der Waals surface area contributed by atoms with E-state index in [0.29, 0.717) is 0 Å². The molecule has 0 aliphatic heterocycles. The lowest BCUT2D eigenvalue weighted by Crippen LogP contribution is -2.41. The van der Waals surface area contributed by atoms with E-state index in [0.717, 1.165) is 18.5 Å². The summed E-state index contributed by atoms with van der Waals surface area (Å²) >= 11 is 0. The van der Waals surface area contributed by atoms with Crippen molar-refractivity contribution in [3.63, 3.8) is 0 Å². The molecule has 0 radical (unpaired) electrons. The average Bonchev–Trinajstić information content (AvgIpc) is 2.34. The minimum atomic E-state index is 0.779. The first-order valence-corrected chi connectivity index (χ1v) is 7.22. The molecule has 0 aromatic heterocycles. The van der Waals surface area contributed by atoms with Gasteiger partial charge in [-0.25, -0.2) is 0 Å². The van der Waals surface area contributed by atoms with Crippen LogP contribution in [0.25, 0.3) is 0 Å². The molecule has 1 N–H and O–H groups in total. The van der Waals surface area contributed by atoms with Crippen LogP contribution in [0, 0.1) is 5.92 Å². The molecule has 1 fully saturated rings. The Balaban J connectivity index is 2.29. The number of hydrogen-bond donors (Lipinski definition) is 1. The highest BCUT2D eigenvalue weighted by atomic mass is 15.2. The summed E-state index contributed by atoms with van der Waals surface area (Å²) in [5.74, 6) is 0.779. The van der Waals surface area contributed by atoms with Crippen molar-refractivity contribution in [3.05, 3.63) is 0 Å². The molecule has 0 heterocycles. The van der Waals surface area contributed by atoms with E-state index in [9.17, 15) is 0 Å². The first kappa shape index (κ1) is 14.0. The number of hydrogen-bond acceptors (Lipinski definition) is 2. The summed E-state index contributed by atoms with van der Waals surface area (Å²) in [6.45, 7) is 11.6. The third-order valence-corrected chi connectivity index (χ3v) is 3.79. The van der Waals surface area contributed by atoms with Crippen LogP contribution in [0.3, 0.4) is 0 Å². The fraction of sp³-hybridized carbons (Fsp3) is 1.00. The van der Waals surface area contributed by atoms with Gasteiger partial charge in [0.25, 0.3) is 0 Å². The molecule has 1 aliphatic carbocycles. The van der Waals surface area contributed by atoms with Crippen LogP contribution in [-0.4, -0.2) is 37.1 Å². The number of nitrogens with zero attached hydrogens (tertiary/aromatic N) is 1. The van der Waals surface area contributed by atoms with Crippen molar-refractivity contribution in [2.24, 2.45) is 5.92 Å². The summed E-state index contributed by atoms with van der Waals surface area (Å²) in [5, 5.41) is 3.45. The topological polar surface area (TPSA) is 15.3 Å². The van der Waals surface area contributed by atoms with Gasteiger partial charge in [-0.3, -0.25) is 0 Å². The molecule has 0 saturated heterocycles. The molecule has 1 rings (SSSR count). The Kier molecular flexibility index (Phi) is 7.06. The molecule has 16 heavy (non-hydrogen) atoms. The van der Waals surface area contributed by atoms with Crippen molar-refractivity contribution in [1.29, 1.82) is 0 Å². The maximum absolute atomic E-state index is 3.45. The molecule has 1 atom stereocenters. The molecule has 96 valence electrons. The van der Waals surface area contributed by atoms with E-state index < -0.39 is 0 Å². The molecule has 0 bridgehead atoms. The Bertz CT molecular complexity index is 164. The Morgan fingerprint density at radius 1 is 1.19 bits per heavy atom. The molecular weight excluding hydrogens is 196 g/mol. The quantitative estimate of drug-likeness (QED) is 0.718. The fourth-order valence-electron chi connectivity index (χ4n) is 2.84. The molecule has 0 spiro atoms. The highest BCUT2D eigenvalue weighted by Crippen LogP contribution is 2.22. The Labute approximate surface area is 102 Å². The first-order valence-electron chi connectivity index (χ1n) is 7.22. The van der Waals surface area contributed by atoms with E-state index in [1.165, 1.54) is 51.7 Å². The van der Waals surface area contributed by atoms with Crippen molar-refractivity contribution in [2.75, 3.05) is 26.2 Å². The fourth-order valence-corrected chi connectivity index (χ4v) is 2.84. The maximum Gasteiger partial charge on any atom is 0.00952 e. The number of rotatable bonds is 7. The zero-order chi connectivity index (χ0) is 11.8. The van der Waals surface area contributed by atoms with Gasteiger partial charge in [0.05, 0.1) is 0 Å². The SMILES string of the molecule is CCNCC(C)CN(CC)C1CCCCC1. The van der Waals surface area contributed by atoms with Crippen LogP contribution in [0.2, 0.25) is 0 Å². The highest BCUT2D eigenvalue weighted by Gasteiger charge is 2.20. The van der Waals surface area contributed by atoms with Crippen LogP contribution in [0.15, 0.2) is 0 Å². The van der Waals surface area contributed by atoms with Crippen molar-refractivity contribution >= 4 is 0 Å². The van der Waals surface area contributed by atoms with E-state index >= 15 is 0 Å². The van der Waals surface area contributed by atoms with E-state index in [-0.39, 0.29) is 0 Å². The van der Waals surface area contributed by atoms with Gasteiger partial charge < -0.3 is 10.2 Å². The van der Waals surface area contributed by atoms with Crippen molar-refractivity contribution in [3.8, 4) is 0 Å². The molecule has 0 aromatic rings. The second-order valence-corrected chi connectivity index (χ2v) is 5.29. The molecule has 2 heteroatoms. The third-order valence-electron chi connectivity index (χ3n) is 3.79. The predicted molar refractivity (Wildman–Crippen MR) is 71.8 cm³/mol. The summed E-state index contributed by atoms with van der Waals surface area (Å²) in [6, 6.07) is 0.878. The van der Waals surface area contributed by atoms with E-state index in [4.69, 9.17) is 0 Å². The van der Waals surface area contributed by atoms with E-state index in [2.05, 4.69) is 31.0 Å². The Hall–Kier alpha value is -0.0800. The Morgan fingerprint density at radius 3 is 2.44 bits per heavy atom. The standard InChI is InChI=1S/C14H30N2/c1-4-15-11-13(3)12-16(5-2)14-9-7-6-8-10-14/h13-15H,4-12H2,1-3H3. The zero-order valence-electron chi connectivity index (χ0n) is 11.5. The summed E-state index contributed by atoms with van der Waals surface area (Å²) < 4.78 is 0. The second-order valence-electron chi connectivity index (χ2n) is 5.29. The van der Waals surface area contributed by atoms with Gasteiger partial charge in [0.2, 0.25) is 0 Å². The molecule has 1 aliphatic rings. The molecule has 1 saturated carbocycles. The summed E-state index contributed by atoms with van der Waals surface area (Å²) in [4.78, 5) is 2.71. The van der Waals surface area contributed by atoms with Gasteiger partial charge in [0, 0.05) is 12.6 Å². The second kappa shape index (κ2) is 8.08. The van der Waals surface area contributed by atoms with Crippen molar-refractivity contribution < 1.29 is 0 Å². The minimum absolute atomic E-state index is 0.779. The predicted octanol–water partition coefficient (Wildman–Crippen LogP) is 2.89. The van der Waals surface area contributed by atoms with Gasteiger partial charge in [-0.05, 0) is 38.4 Å². The van der Waals surface area contributed by atoms with Gasteiger partial charge in [-0.2, -0.15) is 0 Å². The van der Waals surface area contributed by atoms with Crippen LogP contribution >= 0.6 is 0 Å². The van der Waals surface area contributed by atoms with Crippen molar-refractivity contribution in [1.82, 2.24) is 10.2 Å². The van der Waals surface area contributed by atoms with Crippen molar-refractivity contribution in [2.45, 2.75) is 58.9 Å². The van der Waals surface area contributed by atoms with Crippen LogP contribution in [0.4, 0.5) is 0 Å². The average molecular weight is 226 g/mol. The summed E-state index contributed by atoms with van der Waals surface area (Å²) in [6.07, 6.45) is 7.22. The molecule has 0 aromatic carbocycles. The lowest BCUT2D eigenvalue weighted by atomic mass is 9.93. The van der Waals surface area contributed by atoms with Crippen LogP contribution in [0.5, 0.6) is 0 Å².